The van der Waals surface area contributed by atoms with Gasteiger partial charge >= 0.3 is 0 Å². The molecule has 7 heteroatoms. The highest BCUT2D eigenvalue weighted by molar-refractivity contribution is 6.03. The van der Waals surface area contributed by atoms with Crippen LogP contribution in [0.15, 0.2) is 47.9 Å². The molecule has 0 amide bonds. The Morgan fingerprint density at radius 1 is 1.24 bits per heavy atom. The zero-order valence-corrected chi connectivity index (χ0v) is 16.4. The van der Waals surface area contributed by atoms with Gasteiger partial charge in [-0.2, -0.15) is 0 Å². The third-order valence-electron chi connectivity index (χ3n) is 5.08. The first-order valence-electron chi connectivity index (χ1n) is 9.58. The van der Waals surface area contributed by atoms with Gasteiger partial charge in [-0.05, 0) is 55.5 Å². The van der Waals surface area contributed by atoms with Gasteiger partial charge in [0.05, 0.1) is 17.1 Å². The summed E-state index contributed by atoms with van der Waals surface area (Å²) in [5.41, 5.74) is 11.9. The molecule has 1 aliphatic carbocycles. The lowest BCUT2D eigenvalue weighted by atomic mass is 9.78. The fourth-order valence-electron chi connectivity index (χ4n) is 3.92. The number of aryl methyl sites for hydroxylation is 1. The van der Waals surface area contributed by atoms with Crippen molar-refractivity contribution in [2.24, 2.45) is 5.16 Å². The summed E-state index contributed by atoms with van der Waals surface area (Å²) in [5.74, 6) is 0.00453. The maximum Gasteiger partial charge on any atom is 0.220 e. The highest BCUT2D eigenvalue weighted by atomic mass is 19.1. The normalized spacial score (nSPS) is 17.2. The Kier molecular flexibility index (Phi) is 5.20. The number of nitrogens with two attached hydrogens (primary N) is 1. The average Bonchev–Trinajstić information content (AvgIpc) is 2.72. The number of nitrogen functional groups attached to an aromatic ring is 1. The van der Waals surface area contributed by atoms with E-state index in [0.29, 0.717) is 19.4 Å². The second kappa shape index (κ2) is 7.95. The maximum absolute atomic E-state index is 14.1. The second-order valence-electron chi connectivity index (χ2n) is 7.02. The number of hydrogen-bond acceptors (Lipinski definition) is 6. The van der Waals surface area contributed by atoms with Crippen molar-refractivity contribution in [3.8, 4) is 11.1 Å². The lowest BCUT2D eigenvalue weighted by Gasteiger charge is -2.28. The van der Waals surface area contributed by atoms with E-state index < -0.39 is 0 Å². The summed E-state index contributed by atoms with van der Waals surface area (Å²) in [4.78, 5) is 18.3. The van der Waals surface area contributed by atoms with Crippen LogP contribution in [0.5, 0.6) is 0 Å². The minimum absolute atomic E-state index is 0.0474. The number of nitrogens with zero attached hydrogens (tertiary/aromatic N) is 4. The van der Waals surface area contributed by atoms with Crippen LogP contribution in [-0.2, 0) is 11.3 Å². The van der Waals surface area contributed by atoms with Crippen LogP contribution in [0, 0.1) is 12.7 Å². The Morgan fingerprint density at radius 3 is 2.86 bits per heavy atom. The van der Waals surface area contributed by atoms with Crippen LogP contribution in [0.4, 0.5) is 10.3 Å². The fraction of sp³-hybridized carbons (Fsp3) is 0.273. The smallest absolute Gasteiger partial charge is 0.220 e. The van der Waals surface area contributed by atoms with Gasteiger partial charge in [0.1, 0.15) is 12.4 Å². The summed E-state index contributed by atoms with van der Waals surface area (Å²) < 4.78 is 14.1. The van der Waals surface area contributed by atoms with Gasteiger partial charge < -0.3 is 10.6 Å². The van der Waals surface area contributed by atoms with Crippen molar-refractivity contribution < 1.29 is 9.23 Å². The van der Waals surface area contributed by atoms with E-state index in [4.69, 9.17) is 10.6 Å². The highest BCUT2D eigenvalue weighted by Gasteiger charge is 2.30. The third-order valence-corrected chi connectivity index (χ3v) is 5.08. The molecule has 1 aromatic carbocycles. The molecule has 2 aromatic heterocycles. The van der Waals surface area contributed by atoms with Gasteiger partial charge in [-0.15, -0.1) is 0 Å². The Morgan fingerprint density at radius 2 is 2.10 bits per heavy atom. The quantitative estimate of drug-likeness (QED) is 0.679. The predicted octanol–water partition coefficient (Wildman–Crippen LogP) is 4.04. The first-order valence-corrected chi connectivity index (χ1v) is 9.58. The number of rotatable bonds is 4. The second-order valence-corrected chi connectivity index (χ2v) is 7.02. The number of fused-ring (bicyclic) bond motifs is 1. The molecular weight excluding hydrogens is 369 g/mol. The first-order chi connectivity index (χ1) is 14.1. The Hall–Kier alpha value is -3.35. The van der Waals surface area contributed by atoms with Gasteiger partial charge in [-0.1, -0.05) is 17.3 Å². The van der Waals surface area contributed by atoms with Crippen molar-refractivity contribution in [2.75, 3.05) is 12.3 Å². The summed E-state index contributed by atoms with van der Waals surface area (Å²) in [6.45, 7) is 4.26. The fourth-order valence-corrected chi connectivity index (χ4v) is 3.92. The molecular formula is C22H22FN5O. The van der Waals surface area contributed by atoms with Crippen LogP contribution in [0.25, 0.3) is 11.1 Å². The standard InChI is InChI=1S/C22H22FN5O/c1-3-29-28-20-10-15(9-19-21(20)13(2)26-22(24)27-19)17-7-6-16(23)11-18(17)14-5-4-8-25-12-14/h4-8,11-12,15H,3,9-10H2,1-2H3,(H2,24,26,27)/b28-20+/t15-/m1/s1. The molecule has 0 aliphatic heterocycles. The Bertz CT molecular complexity index is 1070. The highest BCUT2D eigenvalue weighted by Crippen LogP contribution is 2.38. The van der Waals surface area contributed by atoms with E-state index in [1.807, 2.05) is 32.0 Å². The number of halogens is 1. The molecule has 0 fully saturated rings. The van der Waals surface area contributed by atoms with Crippen molar-refractivity contribution >= 4 is 11.7 Å². The molecule has 6 nitrogen and oxygen atoms in total. The summed E-state index contributed by atoms with van der Waals surface area (Å²) in [5, 5.41) is 4.34. The van der Waals surface area contributed by atoms with E-state index in [-0.39, 0.29) is 17.7 Å². The van der Waals surface area contributed by atoms with E-state index in [0.717, 1.165) is 39.4 Å². The molecule has 0 unspecified atom stereocenters. The van der Waals surface area contributed by atoms with E-state index in [1.165, 1.54) is 6.07 Å². The molecule has 0 saturated carbocycles. The molecule has 29 heavy (non-hydrogen) atoms. The van der Waals surface area contributed by atoms with Crippen molar-refractivity contribution in [1.82, 2.24) is 15.0 Å². The van der Waals surface area contributed by atoms with Gasteiger partial charge in [-0.3, -0.25) is 4.98 Å². The predicted molar refractivity (Wildman–Crippen MR) is 110 cm³/mol. The molecule has 2 N–H and O–H groups in total. The van der Waals surface area contributed by atoms with E-state index in [9.17, 15) is 4.39 Å². The third kappa shape index (κ3) is 3.81. The molecule has 148 valence electrons. The van der Waals surface area contributed by atoms with Crippen LogP contribution in [0.1, 0.15) is 41.8 Å². The van der Waals surface area contributed by atoms with Crippen molar-refractivity contribution in [3.63, 3.8) is 0 Å². The van der Waals surface area contributed by atoms with Crippen LogP contribution < -0.4 is 5.73 Å². The number of anilines is 1. The first kappa shape index (κ1) is 19.0. The topological polar surface area (TPSA) is 86.3 Å². The Balaban J connectivity index is 1.83. The molecule has 2 heterocycles. The lowest BCUT2D eigenvalue weighted by Crippen LogP contribution is -2.24. The maximum atomic E-state index is 14.1. The van der Waals surface area contributed by atoms with Crippen molar-refractivity contribution in [1.29, 1.82) is 0 Å². The van der Waals surface area contributed by atoms with Gasteiger partial charge in [0.2, 0.25) is 5.95 Å². The molecule has 1 aliphatic rings. The molecule has 4 rings (SSSR count). The van der Waals surface area contributed by atoms with Gasteiger partial charge in [0, 0.05) is 29.9 Å². The van der Waals surface area contributed by atoms with Gasteiger partial charge in [-0.25, -0.2) is 14.4 Å². The minimum atomic E-state index is -0.283. The summed E-state index contributed by atoms with van der Waals surface area (Å²) in [6.07, 6.45) is 4.75. The van der Waals surface area contributed by atoms with Crippen molar-refractivity contribution in [2.45, 2.75) is 32.6 Å². The molecule has 0 saturated heterocycles. The van der Waals surface area contributed by atoms with Crippen LogP contribution in [0.2, 0.25) is 0 Å². The summed E-state index contributed by atoms with van der Waals surface area (Å²) in [7, 11) is 0. The molecule has 0 spiro atoms. The Labute approximate surface area is 168 Å². The summed E-state index contributed by atoms with van der Waals surface area (Å²) >= 11 is 0. The zero-order chi connectivity index (χ0) is 20.4. The number of pyridine rings is 1. The minimum Gasteiger partial charge on any atom is -0.396 e. The van der Waals surface area contributed by atoms with E-state index in [1.54, 1.807) is 18.5 Å². The van der Waals surface area contributed by atoms with E-state index in [2.05, 4.69) is 20.1 Å². The van der Waals surface area contributed by atoms with Crippen molar-refractivity contribution in [3.05, 3.63) is 71.1 Å². The number of oxime groups is 1. The largest absolute Gasteiger partial charge is 0.396 e. The molecule has 3 aromatic rings. The van der Waals surface area contributed by atoms with Gasteiger partial charge in [0.25, 0.3) is 0 Å². The number of aromatic nitrogens is 3. The summed E-state index contributed by atoms with van der Waals surface area (Å²) in [6, 6.07) is 8.66. The van der Waals surface area contributed by atoms with E-state index >= 15 is 0 Å². The SMILES string of the molecule is CCO/N=C1\C[C@H](c2ccc(F)cc2-c2cccnc2)Cc2nc(N)nc(C)c21. The number of benzene rings is 1. The molecule has 0 bridgehead atoms. The van der Waals surface area contributed by atoms with Crippen LogP contribution in [-0.4, -0.2) is 27.3 Å². The van der Waals surface area contributed by atoms with Gasteiger partial charge in [0.15, 0.2) is 0 Å². The molecule has 0 radical (unpaired) electrons. The van der Waals surface area contributed by atoms with Crippen LogP contribution in [0.3, 0.4) is 0 Å². The number of hydrogen-bond donors (Lipinski definition) is 1. The molecule has 1 atom stereocenters. The lowest BCUT2D eigenvalue weighted by molar-refractivity contribution is 0.158. The zero-order valence-electron chi connectivity index (χ0n) is 16.4. The van der Waals surface area contributed by atoms with Crippen LogP contribution >= 0.6 is 0 Å². The average molecular weight is 391 g/mol. The monoisotopic (exact) mass is 391 g/mol.